The van der Waals surface area contributed by atoms with Crippen molar-refractivity contribution < 1.29 is 17.9 Å². The van der Waals surface area contributed by atoms with Crippen LogP contribution in [0, 0.1) is 17.5 Å². The van der Waals surface area contributed by atoms with Gasteiger partial charge in [-0.25, -0.2) is 8.78 Å². The van der Waals surface area contributed by atoms with Gasteiger partial charge in [0.1, 0.15) is 0 Å². The van der Waals surface area contributed by atoms with E-state index < -0.39 is 23.2 Å². The van der Waals surface area contributed by atoms with E-state index in [9.17, 15) is 13.2 Å². The molecule has 0 aliphatic heterocycles. The fraction of sp³-hybridized carbons (Fsp3) is 0. The molecule has 0 radical (unpaired) electrons. The van der Waals surface area contributed by atoms with Crippen LogP contribution in [0.2, 0.25) is 0 Å². The van der Waals surface area contributed by atoms with Crippen molar-refractivity contribution >= 4 is 5.69 Å². The summed E-state index contributed by atoms with van der Waals surface area (Å²) in [6.07, 6.45) is 0. The van der Waals surface area contributed by atoms with E-state index in [0.717, 1.165) is 12.1 Å². The molecule has 0 amide bonds. The number of ether oxygens (including phenoxy) is 1. The van der Waals surface area contributed by atoms with Gasteiger partial charge in [0.2, 0.25) is 5.82 Å². The number of nitrogens with two attached hydrogens (primary N) is 1. The van der Waals surface area contributed by atoms with E-state index in [0.29, 0.717) is 0 Å². The van der Waals surface area contributed by atoms with Gasteiger partial charge < -0.3 is 10.2 Å². The molecule has 0 spiro atoms. The van der Waals surface area contributed by atoms with Gasteiger partial charge in [-0.1, -0.05) is 12.1 Å². The summed E-state index contributed by atoms with van der Waals surface area (Å²) in [5, 5.41) is 0. The highest BCUT2D eigenvalue weighted by Gasteiger charge is 2.15. The summed E-state index contributed by atoms with van der Waals surface area (Å²) in [6.45, 7) is 0. The number of hydrogen-bond donors (Lipinski definition) is 2. The summed E-state index contributed by atoms with van der Waals surface area (Å²) in [7, 11) is 0. The molecule has 0 aliphatic carbocycles. The maximum absolute atomic E-state index is 13.5. The van der Waals surface area contributed by atoms with Crippen LogP contribution in [0.1, 0.15) is 0 Å². The van der Waals surface area contributed by atoms with Crippen LogP contribution in [-0.2, 0) is 0 Å². The Morgan fingerprint density at radius 3 is 2.28 bits per heavy atom. The molecule has 2 aromatic rings. The van der Waals surface area contributed by atoms with Gasteiger partial charge in [0.05, 0.1) is 5.69 Å². The molecule has 2 aromatic carbocycles. The molecule has 6 heteroatoms. The first-order chi connectivity index (χ1) is 8.63. The highest BCUT2D eigenvalue weighted by Crippen LogP contribution is 2.30. The van der Waals surface area contributed by atoms with E-state index in [-0.39, 0.29) is 11.4 Å². The molecule has 0 aliphatic rings. The number of nitrogen functional groups attached to an aromatic ring is 1. The average molecular weight is 254 g/mol. The zero-order chi connectivity index (χ0) is 13.1. The van der Waals surface area contributed by atoms with E-state index in [1.807, 2.05) is 5.43 Å². The molecule has 0 saturated carbocycles. The van der Waals surface area contributed by atoms with Crippen LogP contribution in [0.3, 0.4) is 0 Å². The molecule has 18 heavy (non-hydrogen) atoms. The minimum Gasteiger partial charge on any atom is -0.451 e. The molecule has 0 atom stereocenters. The first kappa shape index (κ1) is 12.3. The number of hydrazine groups is 1. The summed E-state index contributed by atoms with van der Waals surface area (Å²) in [6, 6.07) is 7.78. The lowest BCUT2D eigenvalue weighted by atomic mass is 10.2. The monoisotopic (exact) mass is 254 g/mol. The first-order valence-electron chi connectivity index (χ1n) is 5.00. The number of rotatable bonds is 3. The fourth-order valence-electron chi connectivity index (χ4n) is 1.37. The number of halogens is 3. The SMILES string of the molecule is NNc1ccc(Oc2ccccc2F)c(F)c1F. The molecule has 94 valence electrons. The second-order valence-corrected chi connectivity index (χ2v) is 3.42. The third-order valence-corrected chi connectivity index (χ3v) is 2.26. The lowest BCUT2D eigenvalue weighted by Crippen LogP contribution is -2.09. The Morgan fingerprint density at radius 1 is 0.889 bits per heavy atom. The van der Waals surface area contributed by atoms with E-state index in [4.69, 9.17) is 10.6 Å². The zero-order valence-corrected chi connectivity index (χ0v) is 9.08. The van der Waals surface area contributed by atoms with Gasteiger partial charge in [0.25, 0.3) is 0 Å². The van der Waals surface area contributed by atoms with Crippen LogP contribution < -0.4 is 16.0 Å². The number of hydrogen-bond acceptors (Lipinski definition) is 3. The van der Waals surface area contributed by atoms with Crippen LogP contribution >= 0.6 is 0 Å². The van der Waals surface area contributed by atoms with Crippen LogP contribution in [0.25, 0.3) is 0 Å². The predicted octanol–water partition coefficient (Wildman–Crippen LogP) is 3.18. The summed E-state index contributed by atoms with van der Waals surface area (Å²) in [5.41, 5.74) is 1.78. The predicted molar refractivity (Wildman–Crippen MR) is 60.6 cm³/mol. The minimum atomic E-state index is -1.24. The third-order valence-electron chi connectivity index (χ3n) is 2.26. The smallest absolute Gasteiger partial charge is 0.203 e. The van der Waals surface area contributed by atoms with Crippen LogP contribution in [0.15, 0.2) is 36.4 Å². The molecule has 0 saturated heterocycles. The van der Waals surface area contributed by atoms with Gasteiger partial charge in [0, 0.05) is 0 Å². The average Bonchev–Trinajstić information content (AvgIpc) is 2.38. The van der Waals surface area contributed by atoms with Gasteiger partial charge in [-0.3, -0.25) is 5.84 Å². The van der Waals surface area contributed by atoms with Crippen LogP contribution in [0.4, 0.5) is 18.9 Å². The van der Waals surface area contributed by atoms with E-state index in [2.05, 4.69) is 0 Å². The Balaban J connectivity index is 2.36. The molecule has 2 rings (SSSR count). The molecule has 0 aromatic heterocycles. The van der Waals surface area contributed by atoms with Crippen molar-refractivity contribution in [3.05, 3.63) is 53.8 Å². The summed E-state index contributed by atoms with van der Waals surface area (Å²) in [5.74, 6) is 1.28. The molecule has 3 nitrogen and oxygen atoms in total. The second-order valence-electron chi connectivity index (χ2n) is 3.42. The molecule has 0 bridgehead atoms. The lowest BCUT2D eigenvalue weighted by Gasteiger charge is -2.09. The molecule has 3 N–H and O–H groups in total. The molecule has 0 unspecified atom stereocenters. The Labute approximate surface area is 101 Å². The Morgan fingerprint density at radius 2 is 1.61 bits per heavy atom. The van der Waals surface area contributed by atoms with Gasteiger partial charge >= 0.3 is 0 Å². The van der Waals surface area contributed by atoms with Gasteiger partial charge in [-0.05, 0) is 24.3 Å². The zero-order valence-electron chi connectivity index (χ0n) is 9.08. The van der Waals surface area contributed by atoms with Gasteiger partial charge in [-0.15, -0.1) is 0 Å². The summed E-state index contributed by atoms with van der Waals surface area (Å²) >= 11 is 0. The Kier molecular flexibility index (Phi) is 3.38. The number of nitrogens with one attached hydrogen (secondary N) is 1. The van der Waals surface area contributed by atoms with E-state index in [1.165, 1.54) is 24.3 Å². The molecule has 0 heterocycles. The van der Waals surface area contributed by atoms with Crippen LogP contribution in [0.5, 0.6) is 11.5 Å². The molecule has 0 fully saturated rings. The topological polar surface area (TPSA) is 47.3 Å². The van der Waals surface area contributed by atoms with Crippen molar-refractivity contribution in [2.75, 3.05) is 5.43 Å². The van der Waals surface area contributed by atoms with E-state index in [1.54, 1.807) is 0 Å². The number of para-hydroxylation sites is 1. The third kappa shape index (κ3) is 2.23. The maximum Gasteiger partial charge on any atom is 0.203 e. The summed E-state index contributed by atoms with van der Waals surface area (Å²) < 4.78 is 45.2. The van der Waals surface area contributed by atoms with Crippen molar-refractivity contribution in [3.63, 3.8) is 0 Å². The second kappa shape index (κ2) is 4.97. The van der Waals surface area contributed by atoms with Crippen molar-refractivity contribution in [3.8, 4) is 11.5 Å². The maximum atomic E-state index is 13.5. The quantitative estimate of drug-likeness (QED) is 0.653. The largest absolute Gasteiger partial charge is 0.451 e. The normalized spacial score (nSPS) is 10.2. The van der Waals surface area contributed by atoms with Gasteiger partial charge in [-0.2, -0.15) is 4.39 Å². The molecular formula is C12H9F3N2O. The fourth-order valence-corrected chi connectivity index (χ4v) is 1.37. The minimum absolute atomic E-state index is 0.191. The van der Waals surface area contributed by atoms with Gasteiger partial charge in [0.15, 0.2) is 23.1 Å². The van der Waals surface area contributed by atoms with Crippen molar-refractivity contribution in [2.24, 2.45) is 5.84 Å². The first-order valence-corrected chi connectivity index (χ1v) is 5.00. The van der Waals surface area contributed by atoms with Crippen LogP contribution in [-0.4, -0.2) is 0 Å². The summed E-state index contributed by atoms with van der Waals surface area (Å²) in [4.78, 5) is 0. The standard InChI is InChI=1S/C12H9F3N2O/c13-7-3-1-2-4-9(7)18-10-6-5-8(17-16)11(14)12(10)15/h1-6,17H,16H2. The Bertz CT molecular complexity index is 575. The molecular weight excluding hydrogens is 245 g/mol. The van der Waals surface area contributed by atoms with Crippen molar-refractivity contribution in [2.45, 2.75) is 0 Å². The van der Waals surface area contributed by atoms with E-state index >= 15 is 0 Å². The van der Waals surface area contributed by atoms with Crippen molar-refractivity contribution in [1.82, 2.24) is 0 Å². The van der Waals surface area contributed by atoms with Crippen molar-refractivity contribution in [1.29, 1.82) is 0 Å². The number of anilines is 1. The highest BCUT2D eigenvalue weighted by atomic mass is 19.2. The Hall–Kier alpha value is -2.21. The lowest BCUT2D eigenvalue weighted by molar-refractivity contribution is 0.398. The highest BCUT2D eigenvalue weighted by molar-refractivity contribution is 5.48. The number of benzene rings is 2.